The average Bonchev–Trinajstić information content (AvgIpc) is 2.28. The second-order valence-corrected chi connectivity index (χ2v) is 3.56. The summed E-state index contributed by atoms with van der Waals surface area (Å²) in [5.74, 6) is -0.470. The van der Waals surface area contributed by atoms with Gasteiger partial charge in [-0.05, 0) is 12.5 Å². The minimum absolute atomic E-state index is 0.00880. The summed E-state index contributed by atoms with van der Waals surface area (Å²) in [6, 6.07) is 8.66. The molecule has 16 heavy (non-hydrogen) atoms. The topological polar surface area (TPSA) is 66.4 Å². The predicted molar refractivity (Wildman–Crippen MR) is 59.7 cm³/mol. The molecule has 0 bridgehead atoms. The summed E-state index contributed by atoms with van der Waals surface area (Å²) < 4.78 is 0. The van der Waals surface area contributed by atoms with Crippen molar-refractivity contribution in [1.82, 2.24) is 5.32 Å². The van der Waals surface area contributed by atoms with Crippen LogP contribution in [0.5, 0.6) is 0 Å². The molecule has 4 heteroatoms. The summed E-state index contributed by atoms with van der Waals surface area (Å²) in [6.45, 7) is 1.72. The molecule has 1 atom stereocenters. The van der Waals surface area contributed by atoms with Crippen molar-refractivity contribution in [3.63, 3.8) is 0 Å². The number of ketones is 1. The van der Waals surface area contributed by atoms with E-state index in [1.807, 2.05) is 6.07 Å². The molecule has 4 nitrogen and oxygen atoms in total. The van der Waals surface area contributed by atoms with Crippen molar-refractivity contribution in [1.29, 1.82) is 0 Å². The second kappa shape index (κ2) is 6.02. The van der Waals surface area contributed by atoms with Gasteiger partial charge in [-0.2, -0.15) is 0 Å². The van der Waals surface area contributed by atoms with Gasteiger partial charge in [0.2, 0.25) is 0 Å². The highest BCUT2D eigenvalue weighted by Crippen LogP contribution is 2.11. The molecule has 1 aromatic rings. The molecule has 0 fully saturated rings. The van der Waals surface area contributed by atoms with Crippen molar-refractivity contribution < 1.29 is 14.7 Å². The quantitative estimate of drug-likeness (QED) is 0.773. The first-order chi connectivity index (χ1) is 7.61. The number of carbonyl (C=O) groups excluding carboxylic acids is 2. The lowest BCUT2D eigenvalue weighted by molar-refractivity contribution is -0.129. The first-order valence-electron chi connectivity index (χ1n) is 5.11. The minimum Gasteiger partial charge on any atom is -0.378 e. The lowest BCUT2D eigenvalue weighted by atomic mass is 10.1. The molecule has 0 aliphatic carbocycles. The molecule has 0 aromatic heterocycles. The molecule has 0 aliphatic rings. The molecular weight excluding hydrogens is 206 g/mol. The van der Waals surface area contributed by atoms with E-state index in [2.05, 4.69) is 5.32 Å². The lowest BCUT2D eigenvalue weighted by Gasteiger charge is -2.10. The third-order valence-corrected chi connectivity index (χ3v) is 2.14. The van der Waals surface area contributed by atoms with Crippen molar-refractivity contribution in [3.05, 3.63) is 35.9 Å². The number of amides is 1. The predicted octanol–water partition coefficient (Wildman–Crippen LogP) is 0.815. The van der Waals surface area contributed by atoms with E-state index in [-0.39, 0.29) is 18.7 Å². The van der Waals surface area contributed by atoms with Gasteiger partial charge >= 0.3 is 0 Å². The zero-order valence-electron chi connectivity index (χ0n) is 9.14. The fourth-order valence-electron chi connectivity index (χ4n) is 1.25. The largest absolute Gasteiger partial charge is 0.378 e. The zero-order valence-corrected chi connectivity index (χ0v) is 9.14. The summed E-state index contributed by atoms with van der Waals surface area (Å²) in [7, 11) is 0. The molecule has 1 aromatic carbocycles. The van der Waals surface area contributed by atoms with Gasteiger partial charge in [0.15, 0.2) is 6.10 Å². The Morgan fingerprint density at radius 2 is 1.94 bits per heavy atom. The van der Waals surface area contributed by atoms with Crippen LogP contribution in [0.1, 0.15) is 25.0 Å². The number of nitrogens with one attached hydrogen (secondary N) is 1. The second-order valence-electron chi connectivity index (χ2n) is 3.56. The summed E-state index contributed by atoms with van der Waals surface area (Å²) in [4.78, 5) is 22.1. The van der Waals surface area contributed by atoms with E-state index in [1.165, 1.54) is 6.92 Å². The van der Waals surface area contributed by atoms with Crippen LogP contribution >= 0.6 is 0 Å². The summed E-state index contributed by atoms with van der Waals surface area (Å²) in [5.41, 5.74) is 0.544. The minimum atomic E-state index is -1.17. The van der Waals surface area contributed by atoms with Gasteiger partial charge in [0, 0.05) is 13.0 Å². The first kappa shape index (κ1) is 12.4. The Morgan fingerprint density at radius 3 is 2.50 bits per heavy atom. The molecule has 0 spiro atoms. The average molecular weight is 221 g/mol. The van der Waals surface area contributed by atoms with Gasteiger partial charge in [-0.3, -0.25) is 9.59 Å². The highest BCUT2D eigenvalue weighted by atomic mass is 16.3. The molecule has 2 N–H and O–H groups in total. The lowest BCUT2D eigenvalue weighted by Crippen LogP contribution is -2.30. The standard InChI is InChI=1S/C12H15NO3/c1-9(14)7-8-13-12(16)11(15)10-5-3-2-4-6-10/h2-6,11,15H,7-8H2,1H3,(H,13,16)/t11-/m1/s1. The van der Waals surface area contributed by atoms with Crippen LogP contribution in [-0.4, -0.2) is 23.3 Å². The van der Waals surface area contributed by atoms with Gasteiger partial charge in [-0.1, -0.05) is 30.3 Å². The Balaban J connectivity index is 2.45. The number of rotatable bonds is 5. The maximum Gasteiger partial charge on any atom is 0.253 e. The highest BCUT2D eigenvalue weighted by Gasteiger charge is 2.15. The Bertz CT molecular complexity index is 362. The van der Waals surface area contributed by atoms with Crippen LogP contribution in [0.15, 0.2) is 30.3 Å². The molecule has 0 saturated carbocycles. The molecule has 0 saturated heterocycles. The highest BCUT2D eigenvalue weighted by molar-refractivity contribution is 5.82. The summed E-state index contributed by atoms with van der Waals surface area (Å²) in [6.07, 6.45) is -0.888. The van der Waals surface area contributed by atoms with E-state index in [4.69, 9.17) is 0 Å². The fraction of sp³-hybridized carbons (Fsp3) is 0.333. The number of hydrogen-bond donors (Lipinski definition) is 2. The van der Waals surface area contributed by atoms with Crippen molar-refractivity contribution in [2.75, 3.05) is 6.54 Å². The van der Waals surface area contributed by atoms with Crippen LogP contribution in [0, 0.1) is 0 Å². The molecule has 1 rings (SSSR count). The van der Waals surface area contributed by atoms with Gasteiger partial charge in [-0.15, -0.1) is 0 Å². The van der Waals surface area contributed by atoms with E-state index < -0.39 is 12.0 Å². The molecule has 0 unspecified atom stereocenters. The maximum absolute atomic E-state index is 11.5. The number of Topliss-reactive ketones (excluding diaryl/α,β-unsaturated/α-hetero) is 1. The van der Waals surface area contributed by atoms with Gasteiger partial charge in [0.25, 0.3) is 5.91 Å². The first-order valence-corrected chi connectivity index (χ1v) is 5.11. The monoisotopic (exact) mass is 221 g/mol. The fourth-order valence-corrected chi connectivity index (χ4v) is 1.25. The van der Waals surface area contributed by atoms with Gasteiger partial charge < -0.3 is 10.4 Å². The van der Waals surface area contributed by atoms with Crippen LogP contribution in [0.25, 0.3) is 0 Å². The Labute approximate surface area is 94.3 Å². The number of carbonyl (C=O) groups is 2. The van der Waals surface area contributed by atoms with Crippen LogP contribution < -0.4 is 5.32 Å². The van der Waals surface area contributed by atoms with Gasteiger partial charge in [0.05, 0.1) is 0 Å². The number of aliphatic hydroxyl groups is 1. The SMILES string of the molecule is CC(=O)CCNC(=O)[C@H](O)c1ccccc1. The van der Waals surface area contributed by atoms with Crippen LogP contribution in [0.3, 0.4) is 0 Å². The number of aliphatic hydroxyl groups excluding tert-OH is 1. The molecular formula is C12H15NO3. The van der Waals surface area contributed by atoms with Crippen molar-refractivity contribution >= 4 is 11.7 Å². The van der Waals surface area contributed by atoms with E-state index in [0.717, 1.165) is 0 Å². The summed E-state index contributed by atoms with van der Waals surface area (Å²) >= 11 is 0. The molecule has 0 heterocycles. The normalized spacial score (nSPS) is 11.9. The maximum atomic E-state index is 11.5. The van der Waals surface area contributed by atoms with E-state index in [9.17, 15) is 14.7 Å². The van der Waals surface area contributed by atoms with E-state index in [1.54, 1.807) is 24.3 Å². The van der Waals surface area contributed by atoms with E-state index in [0.29, 0.717) is 5.56 Å². The molecule has 0 radical (unpaired) electrons. The smallest absolute Gasteiger partial charge is 0.253 e. The third-order valence-electron chi connectivity index (χ3n) is 2.14. The molecule has 1 amide bonds. The number of benzene rings is 1. The van der Waals surface area contributed by atoms with Crippen LogP contribution in [0.4, 0.5) is 0 Å². The number of hydrogen-bond acceptors (Lipinski definition) is 3. The Hall–Kier alpha value is -1.68. The Morgan fingerprint density at radius 1 is 1.31 bits per heavy atom. The van der Waals surface area contributed by atoms with Gasteiger partial charge in [-0.25, -0.2) is 0 Å². The Kier molecular flexibility index (Phi) is 4.66. The van der Waals surface area contributed by atoms with Crippen molar-refractivity contribution in [2.45, 2.75) is 19.4 Å². The van der Waals surface area contributed by atoms with Crippen LogP contribution in [0.2, 0.25) is 0 Å². The van der Waals surface area contributed by atoms with Gasteiger partial charge in [0.1, 0.15) is 5.78 Å². The van der Waals surface area contributed by atoms with E-state index >= 15 is 0 Å². The molecule has 86 valence electrons. The van der Waals surface area contributed by atoms with Crippen molar-refractivity contribution in [3.8, 4) is 0 Å². The third kappa shape index (κ3) is 3.82. The zero-order chi connectivity index (χ0) is 12.0. The van der Waals surface area contributed by atoms with Crippen LogP contribution in [-0.2, 0) is 9.59 Å². The molecule has 0 aliphatic heterocycles. The summed E-state index contributed by atoms with van der Waals surface area (Å²) in [5, 5.41) is 12.2. The van der Waals surface area contributed by atoms with Crippen molar-refractivity contribution in [2.24, 2.45) is 0 Å².